The second kappa shape index (κ2) is 5.46. The highest BCUT2D eigenvalue weighted by Crippen LogP contribution is 2.21. The van der Waals surface area contributed by atoms with Crippen LogP contribution in [0.4, 0.5) is 0 Å². The van der Waals surface area contributed by atoms with Gasteiger partial charge in [-0.3, -0.25) is 0 Å². The number of halogens is 2. The molecule has 1 aromatic heterocycles. The maximum absolute atomic E-state index is 5.70. The topological polar surface area (TPSA) is 57.1 Å². The largest absolute Gasteiger partial charge is 0.467 e. The SMILES string of the molecule is COc1nc(Cl)nc(Oc2cccc(I)c2)n1. The molecule has 0 N–H and O–H groups in total. The van der Waals surface area contributed by atoms with Crippen LogP contribution in [-0.2, 0) is 0 Å². The first-order valence-electron chi connectivity index (χ1n) is 4.56. The second-order valence-corrected chi connectivity index (χ2v) is 4.52. The molecule has 5 nitrogen and oxygen atoms in total. The standard InChI is InChI=1S/C10H7ClIN3O2/c1-16-9-13-8(11)14-10(15-9)17-7-4-2-3-6(12)5-7/h2-5H,1H3. The molecule has 0 aliphatic carbocycles. The van der Waals surface area contributed by atoms with Gasteiger partial charge in [0.15, 0.2) is 0 Å². The van der Waals surface area contributed by atoms with Gasteiger partial charge in [0.25, 0.3) is 0 Å². The summed E-state index contributed by atoms with van der Waals surface area (Å²) >= 11 is 7.89. The summed E-state index contributed by atoms with van der Waals surface area (Å²) in [6.45, 7) is 0. The van der Waals surface area contributed by atoms with Crippen molar-refractivity contribution in [2.75, 3.05) is 7.11 Å². The molecule has 88 valence electrons. The van der Waals surface area contributed by atoms with Crippen molar-refractivity contribution >= 4 is 34.2 Å². The maximum atomic E-state index is 5.70. The highest BCUT2D eigenvalue weighted by Gasteiger charge is 2.07. The summed E-state index contributed by atoms with van der Waals surface area (Å²) in [4.78, 5) is 11.5. The monoisotopic (exact) mass is 363 g/mol. The van der Waals surface area contributed by atoms with Crippen LogP contribution in [0.15, 0.2) is 24.3 Å². The average molecular weight is 364 g/mol. The molecule has 17 heavy (non-hydrogen) atoms. The molecular formula is C10H7ClIN3O2. The minimum atomic E-state index is 0.0254. The van der Waals surface area contributed by atoms with Gasteiger partial charge < -0.3 is 9.47 Å². The highest BCUT2D eigenvalue weighted by atomic mass is 127. The van der Waals surface area contributed by atoms with Gasteiger partial charge in [-0.25, -0.2) is 0 Å². The molecule has 0 radical (unpaired) electrons. The van der Waals surface area contributed by atoms with Crippen LogP contribution >= 0.6 is 34.2 Å². The zero-order chi connectivity index (χ0) is 12.3. The Balaban J connectivity index is 2.26. The Morgan fingerprint density at radius 1 is 1.18 bits per heavy atom. The second-order valence-electron chi connectivity index (χ2n) is 2.93. The molecule has 2 aromatic rings. The van der Waals surface area contributed by atoms with Gasteiger partial charge in [0.2, 0.25) is 5.28 Å². The average Bonchev–Trinajstić information content (AvgIpc) is 2.28. The molecule has 0 aliphatic rings. The molecule has 0 amide bonds. The summed E-state index contributed by atoms with van der Waals surface area (Å²) in [5.74, 6) is 0.626. The molecular weight excluding hydrogens is 356 g/mol. The number of nitrogens with zero attached hydrogens (tertiary/aromatic N) is 3. The molecule has 0 bridgehead atoms. The van der Waals surface area contributed by atoms with Crippen LogP contribution in [0.3, 0.4) is 0 Å². The van der Waals surface area contributed by atoms with Crippen molar-refractivity contribution in [1.82, 2.24) is 15.0 Å². The van der Waals surface area contributed by atoms with Crippen LogP contribution in [0.2, 0.25) is 5.28 Å². The number of benzene rings is 1. The first kappa shape index (κ1) is 12.3. The van der Waals surface area contributed by atoms with E-state index in [0.717, 1.165) is 3.57 Å². The number of hydrogen-bond acceptors (Lipinski definition) is 5. The Morgan fingerprint density at radius 3 is 2.65 bits per heavy atom. The molecule has 0 spiro atoms. The third-order valence-electron chi connectivity index (χ3n) is 1.75. The smallest absolute Gasteiger partial charge is 0.329 e. The van der Waals surface area contributed by atoms with E-state index >= 15 is 0 Å². The summed E-state index contributed by atoms with van der Waals surface area (Å²) in [5.41, 5.74) is 0. The minimum Gasteiger partial charge on any atom is -0.467 e. The van der Waals surface area contributed by atoms with E-state index in [2.05, 4.69) is 37.5 Å². The fourth-order valence-corrected chi connectivity index (χ4v) is 1.75. The summed E-state index contributed by atoms with van der Waals surface area (Å²) in [7, 11) is 1.45. The van der Waals surface area contributed by atoms with Gasteiger partial charge in [-0.15, -0.1) is 4.98 Å². The molecule has 7 heteroatoms. The summed E-state index contributed by atoms with van der Waals surface area (Å²) in [6, 6.07) is 7.69. The maximum Gasteiger partial charge on any atom is 0.329 e. The molecule has 0 aliphatic heterocycles. The molecule has 0 unspecified atom stereocenters. The lowest BCUT2D eigenvalue weighted by Crippen LogP contribution is -1.98. The first-order valence-corrected chi connectivity index (χ1v) is 6.02. The third-order valence-corrected chi connectivity index (χ3v) is 2.59. The number of ether oxygens (including phenoxy) is 2. The lowest BCUT2D eigenvalue weighted by molar-refractivity contribution is 0.359. The first-order chi connectivity index (χ1) is 8.17. The van der Waals surface area contributed by atoms with Gasteiger partial charge in [-0.05, 0) is 52.4 Å². The lowest BCUT2D eigenvalue weighted by atomic mass is 10.3. The van der Waals surface area contributed by atoms with Crippen molar-refractivity contribution in [3.05, 3.63) is 33.1 Å². The Labute approximate surface area is 116 Å². The Morgan fingerprint density at radius 2 is 1.94 bits per heavy atom. The van der Waals surface area contributed by atoms with E-state index in [1.165, 1.54) is 7.11 Å². The van der Waals surface area contributed by atoms with E-state index in [0.29, 0.717) is 5.75 Å². The molecule has 2 rings (SSSR count). The normalized spacial score (nSPS) is 10.1. The van der Waals surface area contributed by atoms with Crippen LogP contribution in [0.5, 0.6) is 17.8 Å². The number of hydrogen-bond donors (Lipinski definition) is 0. The van der Waals surface area contributed by atoms with Gasteiger partial charge in [0, 0.05) is 3.57 Å². The van der Waals surface area contributed by atoms with Gasteiger partial charge in [0.1, 0.15) is 5.75 Å². The Kier molecular flexibility index (Phi) is 3.95. The predicted octanol–water partition coefficient (Wildman–Crippen LogP) is 2.93. The van der Waals surface area contributed by atoms with Crippen LogP contribution in [0.1, 0.15) is 0 Å². The van der Waals surface area contributed by atoms with E-state index in [1.807, 2.05) is 18.2 Å². The molecule has 0 atom stereocenters. The van der Waals surface area contributed by atoms with E-state index in [9.17, 15) is 0 Å². The molecule has 1 heterocycles. The predicted molar refractivity (Wildman–Crippen MR) is 70.6 cm³/mol. The van der Waals surface area contributed by atoms with Crippen LogP contribution in [0, 0.1) is 3.57 Å². The summed E-state index contributed by atoms with van der Waals surface area (Å²) in [5, 5.41) is 0.0254. The van der Waals surface area contributed by atoms with Crippen molar-refractivity contribution in [2.24, 2.45) is 0 Å². The van der Waals surface area contributed by atoms with Gasteiger partial charge in [-0.1, -0.05) is 6.07 Å². The van der Waals surface area contributed by atoms with Crippen LogP contribution in [0.25, 0.3) is 0 Å². The number of aromatic nitrogens is 3. The van der Waals surface area contributed by atoms with Crippen LogP contribution in [-0.4, -0.2) is 22.1 Å². The van der Waals surface area contributed by atoms with Crippen molar-refractivity contribution in [3.8, 4) is 17.8 Å². The quantitative estimate of drug-likeness (QED) is 0.785. The Bertz CT molecular complexity index is 539. The third kappa shape index (κ3) is 3.40. The van der Waals surface area contributed by atoms with Gasteiger partial charge in [-0.2, -0.15) is 9.97 Å². The van der Waals surface area contributed by atoms with E-state index in [-0.39, 0.29) is 17.3 Å². The minimum absolute atomic E-state index is 0.0254. The zero-order valence-corrected chi connectivity index (χ0v) is 11.6. The fourth-order valence-electron chi connectivity index (χ4n) is 1.09. The van der Waals surface area contributed by atoms with E-state index < -0.39 is 0 Å². The summed E-state index contributed by atoms with van der Waals surface area (Å²) < 4.78 is 11.4. The van der Waals surface area contributed by atoms with E-state index in [4.69, 9.17) is 21.1 Å². The van der Waals surface area contributed by atoms with Crippen molar-refractivity contribution in [1.29, 1.82) is 0 Å². The highest BCUT2D eigenvalue weighted by molar-refractivity contribution is 14.1. The van der Waals surface area contributed by atoms with Gasteiger partial charge in [0.05, 0.1) is 7.11 Å². The molecule has 0 saturated carbocycles. The number of rotatable bonds is 3. The molecule has 0 saturated heterocycles. The van der Waals surface area contributed by atoms with Crippen molar-refractivity contribution in [2.45, 2.75) is 0 Å². The summed E-state index contributed by atoms with van der Waals surface area (Å²) in [6.07, 6.45) is 0. The lowest BCUT2D eigenvalue weighted by Gasteiger charge is -2.05. The fraction of sp³-hybridized carbons (Fsp3) is 0.100. The van der Waals surface area contributed by atoms with E-state index in [1.54, 1.807) is 6.07 Å². The van der Waals surface area contributed by atoms with Crippen molar-refractivity contribution in [3.63, 3.8) is 0 Å². The Hall–Kier alpha value is -1.15. The number of methoxy groups -OCH3 is 1. The van der Waals surface area contributed by atoms with Crippen LogP contribution < -0.4 is 9.47 Å². The van der Waals surface area contributed by atoms with Gasteiger partial charge >= 0.3 is 12.0 Å². The molecule has 0 fully saturated rings. The zero-order valence-electron chi connectivity index (χ0n) is 8.72. The molecule has 1 aromatic carbocycles. The van der Waals surface area contributed by atoms with Crippen molar-refractivity contribution < 1.29 is 9.47 Å².